The van der Waals surface area contributed by atoms with Crippen molar-refractivity contribution in [2.75, 3.05) is 0 Å². The van der Waals surface area contributed by atoms with E-state index in [0.29, 0.717) is 39.3 Å². The SMILES string of the molecule is O=C1/C(=C/c2ccc(Cl)cc2Cl)Oc2cc(OCc3ccc(Br)cc3)ccc21. The number of hydrogen-bond acceptors (Lipinski definition) is 3. The molecule has 0 unspecified atom stereocenters. The number of Topliss-reactive ketones (excluding diaryl/α,β-unsaturated/α-hetero) is 1. The maximum absolute atomic E-state index is 12.6. The van der Waals surface area contributed by atoms with Crippen LogP contribution >= 0.6 is 39.1 Å². The molecule has 28 heavy (non-hydrogen) atoms. The summed E-state index contributed by atoms with van der Waals surface area (Å²) in [6.07, 6.45) is 1.61. The minimum atomic E-state index is -0.194. The second-order valence-corrected chi connectivity index (χ2v) is 7.94. The van der Waals surface area contributed by atoms with Gasteiger partial charge in [0.15, 0.2) is 5.76 Å². The first-order chi connectivity index (χ1) is 13.5. The molecule has 0 aromatic heterocycles. The van der Waals surface area contributed by atoms with Crippen molar-refractivity contribution >= 4 is 51.0 Å². The van der Waals surface area contributed by atoms with Crippen LogP contribution in [0.15, 0.2) is 70.9 Å². The predicted molar refractivity (Wildman–Crippen MR) is 114 cm³/mol. The van der Waals surface area contributed by atoms with Gasteiger partial charge in [0.1, 0.15) is 18.1 Å². The molecule has 3 nitrogen and oxygen atoms in total. The van der Waals surface area contributed by atoms with Crippen molar-refractivity contribution in [1.82, 2.24) is 0 Å². The van der Waals surface area contributed by atoms with Crippen molar-refractivity contribution in [1.29, 1.82) is 0 Å². The van der Waals surface area contributed by atoms with Gasteiger partial charge in [0.05, 0.1) is 5.56 Å². The van der Waals surface area contributed by atoms with Gasteiger partial charge in [-0.15, -0.1) is 0 Å². The van der Waals surface area contributed by atoms with Gasteiger partial charge < -0.3 is 9.47 Å². The largest absolute Gasteiger partial charge is 0.489 e. The van der Waals surface area contributed by atoms with E-state index in [1.54, 1.807) is 42.5 Å². The molecule has 0 saturated heterocycles. The number of fused-ring (bicyclic) bond motifs is 1. The monoisotopic (exact) mass is 474 g/mol. The van der Waals surface area contributed by atoms with Crippen LogP contribution in [0.2, 0.25) is 10.0 Å². The number of benzene rings is 3. The summed E-state index contributed by atoms with van der Waals surface area (Å²) < 4.78 is 12.6. The Morgan fingerprint density at radius 3 is 2.54 bits per heavy atom. The Labute approximate surface area is 180 Å². The molecule has 3 aromatic rings. The normalized spacial score (nSPS) is 14.1. The Morgan fingerprint density at radius 2 is 1.79 bits per heavy atom. The summed E-state index contributed by atoms with van der Waals surface area (Å²) in [4.78, 5) is 12.6. The zero-order chi connectivity index (χ0) is 19.7. The van der Waals surface area contributed by atoms with Crippen molar-refractivity contribution in [3.8, 4) is 11.5 Å². The quantitative estimate of drug-likeness (QED) is 0.383. The Morgan fingerprint density at radius 1 is 1.00 bits per heavy atom. The Kier molecular flexibility index (Phi) is 5.44. The fraction of sp³-hybridized carbons (Fsp3) is 0.0455. The number of ketones is 1. The lowest BCUT2D eigenvalue weighted by atomic mass is 10.1. The van der Waals surface area contributed by atoms with Crippen LogP contribution in [0.3, 0.4) is 0 Å². The molecular formula is C22H13BrCl2O3. The van der Waals surface area contributed by atoms with Crippen LogP contribution in [0.1, 0.15) is 21.5 Å². The fourth-order valence-electron chi connectivity index (χ4n) is 2.76. The predicted octanol–water partition coefficient (Wildman–Crippen LogP) is 6.95. The molecule has 0 bridgehead atoms. The number of halogens is 3. The summed E-state index contributed by atoms with van der Waals surface area (Å²) in [5.74, 6) is 1.11. The lowest BCUT2D eigenvalue weighted by Gasteiger charge is -2.07. The van der Waals surface area contributed by atoms with Crippen LogP contribution in [0, 0.1) is 0 Å². The van der Waals surface area contributed by atoms with Gasteiger partial charge in [-0.1, -0.05) is 57.3 Å². The molecule has 140 valence electrons. The Balaban J connectivity index is 1.52. The molecular weight excluding hydrogens is 463 g/mol. The highest BCUT2D eigenvalue weighted by Crippen LogP contribution is 2.36. The highest BCUT2D eigenvalue weighted by molar-refractivity contribution is 9.10. The zero-order valence-electron chi connectivity index (χ0n) is 14.4. The van der Waals surface area contributed by atoms with E-state index < -0.39 is 0 Å². The van der Waals surface area contributed by atoms with Crippen LogP contribution in [0.25, 0.3) is 6.08 Å². The van der Waals surface area contributed by atoms with Crippen LogP contribution in [0.4, 0.5) is 0 Å². The van der Waals surface area contributed by atoms with E-state index in [-0.39, 0.29) is 11.5 Å². The second-order valence-electron chi connectivity index (χ2n) is 6.18. The number of ether oxygens (including phenoxy) is 2. The summed E-state index contributed by atoms with van der Waals surface area (Å²) in [5, 5.41) is 0.979. The van der Waals surface area contributed by atoms with Gasteiger partial charge in [0, 0.05) is 20.6 Å². The minimum absolute atomic E-state index is 0.194. The Bertz CT molecular complexity index is 1090. The minimum Gasteiger partial charge on any atom is -0.489 e. The van der Waals surface area contributed by atoms with Crippen LogP contribution in [0.5, 0.6) is 11.5 Å². The fourth-order valence-corrected chi connectivity index (χ4v) is 3.49. The molecule has 0 atom stereocenters. The number of hydrogen-bond donors (Lipinski definition) is 0. The van der Waals surface area contributed by atoms with Crippen LogP contribution in [-0.4, -0.2) is 5.78 Å². The highest BCUT2D eigenvalue weighted by atomic mass is 79.9. The van der Waals surface area contributed by atoms with E-state index in [1.807, 2.05) is 24.3 Å². The van der Waals surface area contributed by atoms with Gasteiger partial charge in [-0.25, -0.2) is 0 Å². The third-order valence-electron chi connectivity index (χ3n) is 4.21. The summed E-state index contributed by atoms with van der Waals surface area (Å²) >= 11 is 15.5. The van der Waals surface area contributed by atoms with Crippen LogP contribution in [-0.2, 0) is 6.61 Å². The molecule has 0 radical (unpaired) electrons. The molecule has 0 saturated carbocycles. The molecule has 0 aliphatic carbocycles. The summed E-state index contributed by atoms with van der Waals surface area (Å²) in [6, 6.07) is 18.1. The van der Waals surface area contributed by atoms with Crippen LogP contribution < -0.4 is 9.47 Å². The number of allylic oxidation sites excluding steroid dienone is 1. The lowest BCUT2D eigenvalue weighted by molar-refractivity contribution is 0.101. The first-order valence-electron chi connectivity index (χ1n) is 8.40. The van der Waals surface area contributed by atoms with E-state index in [2.05, 4.69) is 15.9 Å². The van der Waals surface area contributed by atoms with Gasteiger partial charge in [-0.3, -0.25) is 4.79 Å². The van der Waals surface area contributed by atoms with Gasteiger partial charge >= 0.3 is 0 Å². The van der Waals surface area contributed by atoms with Gasteiger partial charge in [-0.2, -0.15) is 0 Å². The average Bonchev–Trinajstić information content (AvgIpc) is 2.98. The molecule has 4 rings (SSSR count). The average molecular weight is 476 g/mol. The molecule has 0 amide bonds. The number of carbonyl (C=O) groups is 1. The topological polar surface area (TPSA) is 35.5 Å². The van der Waals surface area contributed by atoms with Crippen molar-refractivity contribution in [3.05, 3.63) is 97.6 Å². The number of carbonyl (C=O) groups excluding carboxylic acids is 1. The maximum Gasteiger partial charge on any atom is 0.231 e. The highest BCUT2D eigenvalue weighted by Gasteiger charge is 2.28. The molecule has 1 aliphatic rings. The van der Waals surface area contributed by atoms with E-state index in [4.69, 9.17) is 32.7 Å². The van der Waals surface area contributed by atoms with E-state index in [0.717, 1.165) is 10.0 Å². The zero-order valence-corrected chi connectivity index (χ0v) is 17.5. The molecule has 0 fully saturated rings. The first-order valence-corrected chi connectivity index (χ1v) is 9.95. The van der Waals surface area contributed by atoms with Crippen molar-refractivity contribution in [2.45, 2.75) is 6.61 Å². The van der Waals surface area contributed by atoms with Crippen molar-refractivity contribution in [3.63, 3.8) is 0 Å². The lowest BCUT2D eigenvalue weighted by Crippen LogP contribution is -1.98. The van der Waals surface area contributed by atoms with Gasteiger partial charge in [-0.05, 0) is 53.6 Å². The van der Waals surface area contributed by atoms with E-state index in [9.17, 15) is 4.79 Å². The van der Waals surface area contributed by atoms with Crippen molar-refractivity contribution < 1.29 is 14.3 Å². The molecule has 6 heteroatoms. The second kappa shape index (κ2) is 8.00. The molecule has 0 N–H and O–H groups in total. The molecule has 1 heterocycles. The third kappa shape index (κ3) is 4.09. The third-order valence-corrected chi connectivity index (χ3v) is 5.30. The van der Waals surface area contributed by atoms with E-state index >= 15 is 0 Å². The summed E-state index contributed by atoms with van der Waals surface area (Å²) in [5.41, 5.74) is 2.19. The first kappa shape index (κ1) is 19.1. The standard InChI is InChI=1S/C22H13BrCl2O3/c23-15-4-1-13(2-5-15)12-27-17-7-8-18-20(11-17)28-21(22(18)26)9-14-3-6-16(24)10-19(14)25/h1-11H,12H2/b21-9-. The number of rotatable bonds is 4. The van der Waals surface area contributed by atoms with Gasteiger partial charge in [0.25, 0.3) is 0 Å². The summed E-state index contributed by atoms with van der Waals surface area (Å²) in [7, 11) is 0. The summed E-state index contributed by atoms with van der Waals surface area (Å²) in [6.45, 7) is 0.420. The van der Waals surface area contributed by atoms with Crippen molar-refractivity contribution in [2.24, 2.45) is 0 Å². The Hall–Kier alpha value is -2.27. The maximum atomic E-state index is 12.6. The molecule has 3 aromatic carbocycles. The van der Waals surface area contributed by atoms with Gasteiger partial charge in [0.2, 0.25) is 5.78 Å². The molecule has 0 spiro atoms. The van der Waals surface area contributed by atoms with E-state index in [1.165, 1.54) is 0 Å². The smallest absolute Gasteiger partial charge is 0.231 e. The molecule has 1 aliphatic heterocycles.